The summed E-state index contributed by atoms with van der Waals surface area (Å²) >= 11 is 0. The maximum absolute atomic E-state index is 10.1. The van der Waals surface area contributed by atoms with E-state index in [1.54, 1.807) is 0 Å². The van der Waals surface area contributed by atoms with E-state index in [-0.39, 0.29) is 0 Å². The Kier molecular flexibility index (Phi) is 9.23. The van der Waals surface area contributed by atoms with Crippen LogP contribution >= 0.6 is 0 Å². The molecule has 2 rings (SSSR count). The van der Waals surface area contributed by atoms with Crippen LogP contribution in [-0.2, 0) is 11.2 Å². The molecular weight excluding hydrogens is 342 g/mol. The predicted molar refractivity (Wildman–Crippen MR) is 93.1 cm³/mol. The summed E-state index contributed by atoms with van der Waals surface area (Å²) in [4.78, 5) is 10.1. The van der Waals surface area contributed by atoms with Gasteiger partial charge >= 0.3 is 5.97 Å². The van der Waals surface area contributed by atoms with Gasteiger partial charge in [-0.2, -0.15) is 0 Å². The maximum atomic E-state index is 10.1. The number of aliphatic hydroxyl groups is 5. The normalized spacial score (nSPS) is 19.9. The average molecular weight is 367 g/mol. The molecule has 26 heavy (non-hydrogen) atoms. The van der Waals surface area contributed by atoms with Crippen molar-refractivity contribution in [3.05, 3.63) is 35.4 Å². The van der Waals surface area contributed by atoms with Crippen molar-refractivity contribution >= 4 is 5.97 Å². The molecule has 0 saturated carbocycles. The molecule has 0 aromatic heterocycles. The van der Waals surface area contributed by atoms with Crippen LogP contribution in [0.4, 0.5) is 0 Å². The van der Waals surface area contributed by atoms with E-state index in [1.165, 1.54) is 24.0 Å². The molecule has 8 nitrogen and oxygen atoms in total. The largest absolute Gasteiger partial charge is 0.479 e. The van der Waals surface area contributed by atoms with E-state index in [2.05, 4.69) is 35.5 Å². The number of benzene rings is 1. The van der Waals surface area contributed by atoms with Gasteiger partial charge in [0.15, 0.2) is 6.10 Å². The summed E-state index contributed by atoms with van der Waals surface area (Å²) in [5.74, 6) is 0.889. The van der Waals surface area contributed by atoms with E-state index in [0.29, 0.717) is 12.6 Å². The molecule has 0 spiro atoms. The van der Waals surface area contributed by atoms with E-state index in [1.807, 2.05) is 0 Å². The fraction of sp³-hybridized carbons (Fsp3) is 0.500. The third-order valence-electron chi connectivity index (χ3n) is 4.09. The van der Waals surface area contributed by atoms with E-state index >= 15 is 0 Å². The van der Waals surface area contributed by atoms with Gasteiger partial charge in [-0.05, 0) is 24.0 Å². The smallest absolute Gasteiger partial charge is 0.335 e. The van der Waals surface area contributed by atoms with Crippen LogP contribution in [0, 0.1) is 12.3 Å². The number of aliphatic carboxylic acids is 1. The van der Waals surface area contributed by atoms with Crippen molar-refractivity contribution in [1.29, 1.82) is 0 Å². The Morgan fingerprint density at radius 3 is 2.46 bits per heavy atom. The van der Waals surface area contributed by atoms with Crippen LogP contribution in [0.5, 0.6) is 0 Å². The van der Waals surface area contributed by atoms with Crippen LogP contribution < -0.4 is 5.32 Å². The van der Waals surface area contributed by atoms with Crippen LogP contribution in [0.25, 0.3) is 0 Å². The second-order valence-corrected chi connectivity index (χ2v) is 5.89. The fourth-order valence-corrected chi connectivity index (χ4v) is 2.62. The highest BCUT2D eigenvalue weighted by Crippen LogP contribution is 2.30. The van der Waals surface area contributed by atoms with Gasteiger partial charge in [0.1, 0.15) is 18.3 Å². The lowest BCUT2D eigenvalue weighted by molar-refractivity contribution is -0.164. The molecule has 144 valence electrons. The second kappa shape index (κ2) is 10.9. The molecule has 0 fully saturated rings. The minimum Gasteiger partial charge on any atom is -0.479 e. The molecule has 1 aliphatic rings. The zero-order valence-electron chi connectivity index (χ0n) is 14.2. The highest BCUT2D eigenvalue weighted by Gasteiger charge is 2.33. The summed E-state index contributed by atoms with van der Waals surface area (Å²) in [5, 5.41) is 55.2. The van der Waals surface area contributed by atoms with Gasteiger partial charge < -0.3 is 30.6 Å². The molecule has 0 unspecified atom stereocenters. The summed E-state index contributed by atoms with van der Waals surface area (Å²) in [7, 11) is 0. The summed E-state index contributed by atoms with van der Waals surface area (Å²) in [6, 6.07) is 9.06. The molecule has 0 bridgehead atoms. The molecule has 0 amide bonds. The second-order valence-electron chi connectivity index (χ2n) is 5.89. The predicted octanol–water partition coefficient (Wildman–Crippen LogP) is -1.60. The maximum Gasteiger partial charge on any atom is 0.335 e. The fourth-order valence-electron chi connectivity index (χ4n) is 2.62. The number of hydrogen-bond acceptors (Lipinski definition) is 7. The van der Waals surface area contributed by atoms with Crippen LogP contribution in [0.1, 0.15) is 23.6 Å². The number of nitrogens with one attached hydrogen (secondary N) is 1. The van der Waals surface area contributed by atoms with Crippen LogP contribution in [0.3, 0.4) is 0 Å². The number of aliphatic hydroxyl groups excluding tert-OH is 5. The van der Waals surface area contributed by atoms with Gasteiger partial charge in [0, 0.05) is 6.04 Å². The van der Waals surface area contributed by atoms with Crippen molar-refractivity contribution in [2.75, 3.05) is 13.2 Å². The highest BCUT2D eigenvalue weighted by molar-refractivity contribution is 5.72. The van der Waals surface area contributed by atoms with E-state index in [4.69, 9.17) is 37.1 Å². The van der Waals surface area contributed by atoms with Crippen molar-refractivity contribution < 1.29 is 35.4 Å². The summed E-state index contributed by atoms with van der Waals surface area (Å²) < 4.78 is 0. The molecule has 1 aromatic rings. The number of hydrogen-bond donors (Lipinski definition) is 7. The van der Waals surface area contributed by atoms with Crippen LogP contribution in [0.15, 0.2) is 24.3 Å². The minimum absolute atomic E-state index is 0.479. The summed E-state index contributed by atoms with van der Waals surface area (Å²) in [6.07, 6.45) is -0.262. The van der Waals surface area contributed by atoms with E-state index < -0.39 is 37.0 Å². The summed E-state index contributed by atoms with van der Waals surface area (Å²) in [6.45, 7) is -0.177. The Hall–Kier alpha value is -1.99. The Balaban J connectivity index is 0.000000260. The van der Waals surface area contributed by atoms with Gasteiger partial charge in [-0.3, -0.25) is 5.32 Å². The van der Waals surface area contributed by atoms with Crippen LogP contribution in [0.2, 0.25) is 0 Å². The molecule has 0 saturated heterocycles. The molecule has 1 aliphatic carbocycles. The number of carboxylic acid groups (broad SMARTS) is 1. The SMILES string of the molecule is C#CCN[C@@H]1CCc2ccccc21.O=C(O)[C@H](O)[C@H](O)[C@H](O)[C@@H](O)CO. The molecular formula is C18H25NO7. The molecule has 8 heteroatoms. The van der Waals surface area contributed by atoms with Crippen molar-refractivity contribution in [2.24, 2.45) is 0 Å². The Morgan fingerprint density at radius 1 is 1.23 bits per heavy atom. The van der Waals surface area contributed by atoms with E-state index in [9.17, 15) is 4.79 Å². The van der Waals surface area contributed by atoms with Gasteiger partial charge in [0.05, 0.1) is 13.2 Å². The highest BCUT2D eigenvalue weighted by atomic mass is 16.4. The van der Waals surface area contributed by atoms with Gasteiger partial charge in [-0.25, -0.2) is 4.79 Å². The van der Waals surface area contributed by atoms with E-state index in [0.717, 1.165) is 0 Å². The topological polar surface area (TPSA) is 150 Å². The number of carboxylic acids is 1. The molecule has 0 radical (unpaired) electrons. The van der Waals surface area contributed by atoms with Crippen molar-refractivity contribution in [3.8, 4) is 12.3 Å². The van der Waals surface area contributed by atoms with Crippen LogP contribution in [-0.4, -0.2) is 74.2 Å². The molecule has 5 atom stereocenters. The minimum atomic E-state index is -2.20. The molecule has 0 heterocycles. The lowest BCUT2D eigenvalue weighted by atomic mass is 10.0. The lowest BCUT2D eigenvalue weighted by Gasteiger charge is -2.23. The third-order valence-corrected chi connectivity index (χ3v) is 4.09. The van der Waals surface area contributed by atoms with Gasteiger partial charge in [-0.1, -0.05) is 30.2 Å². The average Bonchev–Trinajstić information content (AvgIpc) is 3.07. The van der Waals surface area contributed by atoms with Gasteiger partial charge in [0.2, 0.25) is 0 Å². The standard InChI is InChI=1S/C12H13N.C6H12O7/c1-2-9-13-12-8-7-10-5-3-4-6-11(10)12;7-1-2(8)3(9)4(10)5(11)6(12)13/h1,3-6,12-13H,7-9H2;2-5,7-11H,1H2,(H,12,13)/t12-;2-,3+,4+,5+/m10/s1. The van der Waals surface area contributed by atoms with Crippen molar-refractivity contribution in [2.45, 2.75) is 43.3 Å². The zero-order valence-corrected chi connectivity index (χ0v) is 14.2. The Bertz CT molecular complexity index is 616. The number of aryl methyl sites for hydroxylation is 1. The van der Waals surface area contributed by atoms with Crippen molar-refractivity contribution in [3.63, 3.8) is 0 Å². The first kappa shape index (κ1) is 22.1. The quantitative estimate of drug-likeness (QED) is 0.285. The molecule has 0 aliphatic heterocycles. The lowest BCUT2D eigenvalue weighted by Crippen LogP contribution is -2.48. The number of rotatable bonds is 7. The monoisotopic (exact) mass is 367 g/mol. The van der Waals surface area contributed by atoms with Gasteiger partial charge in [-0.15, -0.1) is 6.42 Å². The first-order valence-electron chi connectivity index (χ1n) is 8.14. The number of carbonyl (C=O) groups is 1. The third kappa shape index (κ3) is 6.07. The molecule has 7 N–H and O–H groups in total. The first-order chi connectivity index (χ1) is 12.3. The Morgan fingerprint density at radius 2 is 1.88 bits per heavy atom. The van der Waals surface area contributed by atoms with Gasteiger partial charge in [0.25, 0.3) is 0 Å². The number of terminal acetylenes is 1. The zero-order chi connectivity index (χ0) is 19.7. The number of fused-ring (bicyclic) bond motifs is 1. The van der Waals surface area contributed by atoms with Crippen molar-refractivity contribution in [1.82, 2.24) is 5.32 Å². The molecule has 1 aromatic carbocycles. The first-order valence-corrected chi connectivity index (χ1v) is 8.14. The summed E-state index contributed by atoms with van der Waals surface area (Å²) in [5.41, 5.74) is 2.90. The Labute approximate surface area is 151 Å².